The Morgan fingerprint density at radius 3 is 2.52 bits per heavy atom. The number of hydrazone groups is 1. The average molecular weight is 454 g/mol. The third-order valence-corrected chi connectivity index (χ3v) is 3.95. The van der Waals surface area contributed by atoms with Crippen molar-refractivity contribution in [3.05, 3.63) is 51.1 Å². The van der Waals surface area contributed by atoms with Gasteiger partial charge in [0, 0.05) is 0 Å². The van der Waals surface area contributed by atoms with Gasteiger partial charge in [-0.1, -0.05) is 0 Å². The lowest BCUT2D eigenvalue weighted by molar-refractivity contribution is 0.0697. The second-order valence-corrected chi connectivity index (χ2v) is 6.62. The van der Waals surface area contributed by atoms with E-state index in [2.05, 4.69) is 33.1 Å². The van der Waals surface area contributed by atoms with Crippen molar-refractivity contribution in [2.75, 3.05) is 12.5 Å². The van der Waals surface area contributed by atoms with Crippen LogP contribution in [-0.2, 0) is 0 Å². The molecular formula is C18H19IN2O4. The number of carboxylic acid groups (broad SMARTS) is 1. The summed E-state index contributed by atoms with van der Waals surface area (Å²) in [6.45, 7) is 3.93. The Hall–Kier alpha value is -2.29. The molecule has 2 aromatic carbocycles. The van der Waals surface area contributed by atoms with Crippen LogP contribution in [0.4, 0.5) is 5.69 Å². The Labute approximate surface area is 160 Å². The van der Waals surface area contributed by atoms with E-state index in [0.29, 0.717) is 17.2 Å². The number of nitrogens with zero attached hydrogens (tertiary/aromatic N) is 1. The summed E-state index contributed by atoms with van der Waals surface area (Å²) in [7, 11) is 1.60. The number of halogens is 1. The predicted molar refractivity (Wildman–Crippen MR) is 106 cm³/mol. The van der Waals surface area contributed by atoms with Gasteiger partial charge in [-0.25, -0.2) is 4.79 Å². The number of nitrogens with one attached hydrogen (secondary N) is 1. The highest BCUT2D eigenvalue weighted by Gasteiger charge is 2.12. The first-order valence-electron chi connectivity index (χ1n) is 7.57. The van der Waals surface area contributed by atoms with E-state index in [9.17, 15) is 4.79 Å². The molecule has 2 rings (SSSR count). The van der Waals surface area contributed by atoms with Crippen LogP contribution in [-0.4, -0.2) is 30.5 Å². The summed E-state index contributed by atoms with van der Waals surface area (Å²) < 4.78 is 12.1. The molecule has 0 aliphatic heterocycles. The van der Waals surface area contributed by atoms with Crippen molar-refractivity contribution in [1.29, 1.82) is 0 Å². The zero-order valence-electron chi connectivity index (χ0n) is 14.1. The highest BCUT2D eigenvalue weighted by Crippen LogP contribution is 2.34. The number of rotatable bonds is 7. The van der Waals surface area contributed by atoms with Crippen molar-refractivity contribution in [1.82, 2.24) is 0 Å². The normalized spacial score (nSPS) is 10.9. The monoisotopic (exact) mass is 454 g/mol. The van der Waals surface area contributed by atoms with Crippen LogP contribution >= 0.6 is 22.6 Å². The third kappa shape index (κ3) is 5.35. The number of anilines is 1. The second-order valence-electron chi connectivity index (χ2n) is 5.45. The fourth-order valence-corrected chi connectivity index (χ4v) is 2.79. The van der Waals surface area contributed by atoms with Gasteiger partial charge in [-0.15, -0.1) is 0 Å². The molecule has 0 fully saturated rings. The maximum absolute atomic E-state index is 10.8. The summed E-state index contributed by atoms with van der Waals surface area (Å²) in [5.41, 5.74) is 4.65. The Bertz CT molecular complexity index is 773. The van der Waals surface area contributed by atoms with Crippen LogP contribution in [0, 0.1) is 3.57 Å². The summed E-state index contributed by atoms with van der Waals surface area (Å²) >= 11 is 2.20. The molecule has 2 aromatic rings. The molecular weight excluding hydrogens is 435 g/mol. The SMILES string of the molecule is COc1cc(/C=N\Nc2ccc(C(=O)O)cc2)cc(I)c1OC(C)C. The molecule has 0 heterocycles. The molecule has 2 N–H and O–H groups in total. The molecule has 25 heavy (non-hydrogen) atoms. The molecule has 0 unspecified atom stereocenters. The van der Waals surface area contributed by atoms with E-state index in [-0.39, 0.29) is 11.7 Å². The molecule has 0 amide bonds. The summed E-state index contributed by atoms with van der Waals surface area (Å²) in [4.78, 5) is 10.8. The summed E-state index contributed by atoms with van der Waals surface area (Å²) in [5.74, 6) is 0.403. The van der Waals surface area contributed by atoms with Crippen molar-refractivity contribution >= 4 is 40.5 Å². The number of benzene rings is 2. The lowest BCUT2D eigenvalue weighted by Gasteiger charge is -2.15. The number of methoxy groups -OCH3 is 1. The molecule has 0 saturated heterocycles. The summed E-state index contributed by atoms with van der Waals surface area (Å²) in [5, 5.41) is 13.1. The number of ether oxygens (including phenoxy) is 2. The molecule has 7 heteroatoms. The molecule has 0 spiro atoms. The van der Waals surface area contributed by atoms with Crippen LogP contribution in [0.1, 0.15) is 29.8 Å². The molecule has 0 atom stereocenters. The van der Waals surface area contributed by atoms with E-state index in [0.717, 1.165) is 9.13 Å². The second kappa shape index (κ2) is 8.70. The number of carboxylic acids is 1. The minimum atomic E-state index is -0.958. The first kappa shape index (κ1) is 19.0. The minimum Gasteiger partial charge on any atom is -0.493 e. The van der Waals surface area contributed by atoms with Crippen molar-refractivity contribution in [2.45, 2.75) is 20.0 Å². The molecule has 0 saturated carbocycles. The topological polar surface area (TPSA) is 80.2 Å². The van der Waals surface area contributed by atoms with Gasteiger partial charge < -0.3 is 14.6 Å². The third-order valence-electron chi connectivity index (χ3n) is 3.14. The standard InChI is InChI=1S/C18H19IN2O4/c1-11(2)25-17-15(19)8-12(9-16(17)24-3)10-20-21-14-6-4-13(5-7-14)18(22)23/h4-11,21H,1-3H3,(H,22,23)/b20-10-. The minimum absolute atomic E-state index is 0.0531. The van der Waals surface area contributed by atoms with Gasteiger partial charge in [0.15, 0.2) is 11.5 Å². The van der Waals surface area contributed by atoms with Crippen molar-refractivity contribution < 1.29 is 19.4 Å². The van der Waals surface area contributed by atoms with Gasteiger partial charge in [0.05, 0.1) is 34.2 Å². The molecule has 0 radical (unpaired) electrons. The van der Waals surface area contributed by atoms with Crippen molar-refractivity contribution in [3.63, 3.8) is 0 Å². The Morgan fingerprint density at radius 2 is 1.96 bits per heavy atom. The Morgan fingerprint density at radius 1 is 1.28 bits per heavy atom. The van der Waals surface area contributed by atoms with Crippen LogP contribution < -0.4 is 14.9 Å². The van der Waals surface area contributed by atoms with Crippen LogP contribution in [0.25, 0.3) is 0 Å². The smallest absolute Gasteiger partial charge is 0.335 e. The van der Waals surface area contributed by atoms with Gasteiger partial charge in [0.1, 0.15) is 0 Å². The fourth-order valence-electron chi connectivity index (χ4n) is 2.03. The van der Waals surface area contributed by atoms with E-state index >= 15 is 0 Å². The first-order chi connectivity index (χ1) is 11.9. The summed E-state index contributed by atoms with van der Waals surface area (Å²) in [6, 6.07) is 10.1. The van der Waals surface area contributed by atoms with Crippen LogP contribution in [0.5, 0.6) is 11.5 Å². The van der Waals surface area contributed by atoms with Crippen LogP contribution in [0.15, 0.2) is 41.5 Å². The Kier molecular flexibility index (Phi) is 6.63. The van der Waals surface area contributed by atoms with Crippen molar-refractivity contribution in [2.24, 2.45) is 5.10 Å². The van der Waals surface area contributed by atoms with Gasteiger partial charge in [0.2, 0.25) is 0 Å². The molecule has 0 aliphatic carbocycles. The molecule has 6 nitrogen and oxygen atoms in total. The molecule has 0 bridgehead atoms. The van der Waals surface area contributed by atoms with E-state index in [1.807, 2.05) is 26.0 Å². The highest BCUT2D eigenvalue weighted by molar-refractivity contribution is 14.1. The lowest BCUT2D eigenvalue weighted by Crippen LogP contribution is -2.08. The highest BCUT2D eigenvalue weighted by atomic mass is 127. The molecule has 132 valence electrons. The van der Waals surface area contributed by atoms with Gasteiger partial charge in [-0.3, -0.25) is 5.43 Å². The van der Waals surface area contributed by atoms with Gasteiger partial charge in [-0.05, 0) is 78.4 Å². The molecule has 0 aromatic heterocycles. The summed E-state index contributed by atoms with van der Waals surface area (Å²) in [6.07, 6.45) is 1.71. The van der Waals surface area contributed by atoms with Gasteiger partial charge in [0.25, 0.3) is 0 Å². The number of hydrogen-bond donors (Lipinski definition) is 2. The zero-order valence-corrected chi connectivity index (χ0v) is 16.3. The Balaban J connectivity index is 2.12. The fraction of sp³-hybridized carbons (Fsp3) is 0.222. The zero-order chi connectivity index (χ0) is 18.4. The van der Waals surface area contributed by atoms with E-state index in [1.54, 1.807) is 25.5 Å². The predicted octanol–water partition coefficient (Wildman–Crippen LogP) is 4.23. The van der Waals surface area contributed by atoms with Crippen LogP contribution in [0.3, 0.4) is 0 Å². The van der Waals surface area contributed by atoms with Crippen molar-refractivity contribution in [3.8, 4) is 11.5 Å². The van der Waals surface area contributed by atoms with Gasteiger partial charge in [-0.2, -0.15) is 5.10 Å². The number of hydrogen-bond acceptors (Lipinski definition) is 5. The maximum atomic E-state index is 10.8. The number of aromatic carboxylic acids is 1. The van der Waals surface area contributed by atoms with E-state index < -0.39 is 5.97 Å². The van der Waals surface area contributed by atoms with Gasteiger partial charge >= 0.3 is 5.97 Å². The molecule has 0 aliphatic rings. The van der Waals surface area contributed by atoms with E-state index in [1.165, 1.54) is 12.1 Å². The quantitative estimate of drug-likeness (QED) is 0.372. The van der Waals surface area contributed by atoms with E-state index in [4.69, 9.17) is 14.6 Å². The number of carbonyl (C=O) groups is 1. The average Bonchev–Trinajstić information content (AvgIpc) is 2.57. The van der Waals surface area contributed by atoms with Crippen LogP contribution in [0.2, 0.25) is 0 Å². The first-order valence-corrected chi connectivity index (χ1v) is 8.65. The largest absolute Gasteiger partial charge is 0.493 e. The maximum Gasteiger partial charge on any atom is 0.335 e. The lowest BCUT2D eigenvalue weighted by atomic mass is 10.2.